The number of methoxy groups -OCH3 is 1. The van der Waals surface area contributed by atoms with Gasteiger partial charge in [0, 0.05) is 19.2 Å². The fourth-order valence-corrected chi connectivity index (χ4v) is 2.02. The van der Waals surface area contributed by atoms with Gasteiger partial charge in [-0.3, -0.25) is 4.79 Å². The van der Waals surface area contributed by atoms with Crippen LogP contribution < -0.4 is 0 Å². The van der Waals surface area contributed by atoms with Crippen LogP contribution in [0, 0.1) is 12.7 Å². The number of rotatable bonds is 6. The number of amides is 1. The lowest BCUT2D eigenvalue weighted by Crippen LogP contribution is -2.33. The van der Waals surface area contributed by atoms with Crippen molar-refractivity contribution in [2.24, 2.45) is 0 Å². The van der Waals surface area contributed by atoms with Crippen LogP contribution in [-0.2, 0) is 11.3 Å². The van der Waals surface area contributed by atoms with Crippen molar-refractivity contribution in [1.29, 1.82) is 0 Å². The number of furan rings is 1. The average molecular weight is 291 g/mol. The minimum atomic E-state index is -0.429. The molecule has 1 aromatic heterocycles. The molecule has 1 amide bonds. The largest absolute Gasteiger partial charge is 0.464 e. The molecule has 0 atom stereocenters. The molecule has 0 bridgehead atoms. The van der Waals surface area contributed by atoms with E-state index in [-0.39, 0.29) is 5.91 Å². The van der Waals surface area contributed by atoms with Gasteiger partial charge in [0.1, 0.15) is 17.3 Å². The predicted molar refractivity (Wildman–Crippen MR) is 76.5 cm³/mol. The lowest BCUT2D eigenvalue weighted by molar-refractivity contribution is 0.0665. The Balaban J connectivity index is 2.16. The highest BCUT2D eigenvalue weighted by molar-refractivity contribution is 5.94. The summed E-state index contributed by atoms with van der Waals surface area (Å²) in [5.74, 6) is 0.797. The summed E-state index contributed by atoms with van der Waals surface area (Å²) in [5, 5.41) is 0. The number of hydrogen-bond donors (Lipinski definition) is 0. The highest BCUT2D eigenvalue weighted by atomic mass is 19.1. The summed E-state index contributed by atoms with van der Waals surface area (Å²) in [6.45, 7) is 2.98. The van der Waals surface area contributed by atoms with Crippen LogP contribution in [0.2, 0.25) is 0 Å². The Hall–Kier alpha value is -2.14. The van der Waals surface area contributed by atoms with Crippen molar-refractivity contribution in [2.75, 3.05) is 20.3 Å². The average Bonchev–Trinajstić information content (AvgIpc) is 2.88. The Labute approximate surface area is 123 Å². The van der Waals surface area contributed by atoms with E-state index in [0.29, 0.717) is 31.0 Å². The number of carbonyl (C=O) groups excluding carboxylic acids is 1. The van der Waals surface area contributed by atoms with E-state index in [4.69, 9.17) is 9.15 Å². The van der Waals surface area contributed by atoms with E-state index in [1.165, 1.54) is 18.2 Å². The maximum Gasteiger partial charge on any atom is 0.254 e. The molecule has 0 radical (unpaired) electrons. The summed E-state index contributed by atoms with van der Waals surface area (Å²) in [7, 11) is 1.57. The normalized spacial score (nSPS) is 10.6. The third kappa shape index (κ3) is 4.16. The highest BCUT2D eigenvalue weighted by Gasteiger charge is 2.17. The zero-order chi connectivity index (χ0) is 15.2. The second kappa shape index (κ2) is 7.04. The van der Waals surface area contributed by atoms with Crippen LogP contribution >= 0.6 is 0 Å². The molecule has 0 saturated carbocycles. The summed E-state index contributed by atoms with van der Waals surface area (Å²) in [5.41, 5.74) is 0.314. The molecule has 0 N–H and O–H groups in total. The first-order valence-electron chi connectivity index (χ1n) is 6.69. The Morgan fingerprint density at radius 3 is 2.76 bits per heavy atom. The van der Waals surface area contributed by atoms with Gasteiger partial charge >= 0.3 is 0 Å². The van der Waals surface area contributed by atoms with Crippen LogP contribution in [0.1, 0.15) is 21.9 Å². The number of halogens is 1. The minimum absolute atomic E-state index is 0.249. The fourth-order valence-electron chi connectivity index (χ4n) is 2.02. The van der Waals surface area contributed by atoms with Crippen molar-refractivity contribution >= 4 is 5.91 Å². The van der Waals surface area contributed by atoms with Gasteiger partial charge in [-0.05, 0) is 37.3 Å². The summed E-state index contributed by atoms with van der Waals surface area (Å²) in [6.07, 6.45) is 0. The first-order valence-corrected chi connectivity index (χ1v) is 6.69. The summed E-state index contributed by atoms with van der Waals surface area (Å²) < 4.78 is 23.8. The summed E-state index contributed by atoms with van der Waals surface area (Å²) in [4.78, 5) is 14.1. The lowest BCUT2D eigenvalue weighted by Gasteiger charge is -2.21. The molecule has 1 aromatic carbocycles. The monoisotopic (exact) mass is 291 g/mol. The third-order valence-corrected chi connectivity index (χ3v) is 3.07. The van der Waals surface area contributed by atoms with Gasteiger partial charge in [0.2, 0.25) is 0 Å². The third-order valence-electron chi connectivity index (χ3n) is 3.07. The van der Waals surface area contributed by atoms with E-state index in [1.54, 1.807) is 18.1 Å². The van der Waals surface area contributed by atoms with Gasteiger partial charge < -0.3 is 14.1 Å². The molecular formula is C16H18FNO3. The fraction of sp³-hybridized carbons (Fsp3) is 0.312. The first-order chi connectivity index (χ1) is 10.1. The van der Waals surface area contributed by atoms with Crippen LogP contribution in [0.25, 0.3) is 0 Å². The molecule has 5 heteroatoms. The summed E-state index contributed by atoms with van der Waals surface area (Å²) >= 11 is 0. The number of nitrogens with zero attached hydrogens (tertiary/aromatic N) is 1. The molecule has 0 aliphatic carbocycles. The van der Waals surface area contributed by atoms with E-state index < -0.39 is 5.82 Å². The van der Waals surface area contributed by atoms with Crippen LogP contribution in [0.5, 0.6) is 0 Å². The Bertz CT molecular complexity index is 609. The van der Waals surface area contributed by atoms with Crippen molar-refractivity contribution in [3.8, 4) is 0 Å². The molecule has 112 valence electrons. The van der Waals surface area contributed by atoms with Gasteiger partial charge in [-0.1, -0.05) is 6.07 Å². The molecule has 0 saturated heterocycles. The topological polar surface area (TPSA) is 42.7 Å². The van der Waals surface area contributed by atoms with E-state index in [0.717, 1.165) is 5.76 Å². The molecule has 0 aliphatic rings. The maximum atomic E-state index is 13.3. The van der Waals surface area contributed by atoms with Crippen molar-refractivity contribution < 1.29 is 18.3 Å². The molecule has 0 fully saturated rings. The maximum absolute atomic E-state index is 13.3. The highest BCUT2D eigenvalue weighted by Crippen LogP contribution is 2.13. The van der Waals surface area contributed by atoms with Crippen molar-refractivity contribution in [3.63, 3.8) is 0 Å². The number of hydrogen-bond acceptors (Lipinski definition) is 3. The van der Waals surface area contributed by atoms with Gasteiger partial charge in [-0.25, -0.2) is 4.39 Å². The molecule has 2 rings (SSSR count). The Morgan fingerprint density at radius 1 is 1.33 bits per heavy atom. The SMILES string of the molecule is COCCN(Cc1ccc(C)o1)C(=O)c1cccc(F)c1. The van der Waals surface area contributed by atoms with Gasteiger partial charge in [-0.2, -0.15) is 0 Å². The molecule has 0 unspecified atom stereocenters. The smallest absolute Gasteiger partial charge is 0.254 e. The molecular weight excluding hydrogens is 273 g/mol. The van der Waals surface area contributed by atoms with E-state index in [2.05, 4.69) is 0 Å². The molecule has 2 aromatic rings. The van der Waals surface area contributed by atoms with Gasteiger partial charge in [0.05, 0.1) is 13.2 Å². The zero-order valence-corrected chi connectivity index (χ0v) is 12.1. The van der Waals surface area contributed by atoms with E-state index >= 15 is 0 Å². The minimum Gasteiger partial charge on any atom is -0.464 e. The number of benzene rings is 1. The van der Waals surface area contributed by atoms with E-state index in [9.17, 15) is 9.18 Å². The Morgan fingerprint density at radius 2 is 2.14 bits per heavy atom. The second-order valence-electron chi connectivity index (χ2n) is 4.74. The van der Waals surface area contributed by atoms with Crippen molar-refractivity contribution in [2.45, 2.75) is 13.5 Å². The van der Waals surface area contributed by atoms with Crippen LogP contribution in [-0.4, -0.2) is 31.1 Å². The second-order valence-corrected chi connectivity index (χ2v) is 4.74. The summed E-state index contributed by atoms with van der Waals surface area (Å²) in [6, 6.07) is 9.33. The zero-order valence-electron chi connectivity index (χ0n) is 12.1. The molecule has 1 heterocycles. The molecule has 4 nitrogen and oxygen atoms in total. The number of carbonyl (C=O) groups is 1. The predicted octanol–water partition coefficient (Wildman–Crippen LogP) is 3.02. The van der Waals surface area contributed by atoms with Crippen LogP contribution in [0.15, 0.2) is 40.8 Å². The molecule has 21 heavy (non-hydrogen) atoms. The first kappa shape index (κ1) is 15.3. The quantitative estimate of drug-likeness (QED) is 0.821. The Kier molecular flexibility index (Phi) is 5.11. The standard InChI is InChI=1S/C16H18FNO3/c1-12-6-7-15(21-12)11-18(8-9-20-2)16(19)13-4-3-5-14(17)10-13/h3-7,10H,8-9,11H2,1-2H3. The van der Waals surface area contributed by atoms with Crippen LogP contribution in [0.4, 0.5) is 4.39 Å². The molecule has 0 aliphatic heterocycles. The van der Waals surface area contributed by atoms with Gasteiger partial charge in [0.25, 0.3) is 5.91 Å². The van der Waals surface area contributed by atoms with Crippen molar-refractivity contribution in [1.82, 2.24) is 4.90 Å². The number of aryl methyl sites for hydroxylation is 1. The molecule has 0 spiro atoms. The van der Waals surface area contributed by atoms with Crippen molar-refractivity contribution in [3.05, 3.63) is 59.3 Å². The van der Waals surface area contributed by atoms with Gasteiger partial charge in [0.15, 0.2) is 0 Å². The lowest BCUT2D eigenvalue weighted by atomic mass is 10.2. The van der Waals surface area contributed by atoms with Crippen LogP contribution in [0.3, 0.4) is 0 Å². The van der Waals surface area contributed by atoms with Gasteiger partial charge in [-0.15, -0.1) is 0 Å². The van der Waals surface area contributed by atoms with E-state index in [1.807, 2.05) is 19.1 Å². The number of ether oxygens (including phenoxy) is 1.